The standard InChI is InChI=1S/C79H107N11O8/c1-5-64(80-3)73(92)87-71-60(47-50-82-52-56-26-13-7-14-27-56)39-41-62-43-45-66(89(62)78(71)97)75(94)85-69(58-30-17-10-18-31-58)68(91)34-21-9-12-24-54-35-37-55(38-36-54)25-22-23-49-84-77(96)70(59-32-19-11-20-33-59)86-76(95)67-46-44-63-42-40-61(48-51-83-53-57-28-15-8-16-29-57)72(79(98)90(63)67)88-74(93)65(6-2)81-4/h7-8,10-11,13-20,26-33,35-38,60-67,69-72,80-83H,5-6,9,12,21-25,34,39-53H2,1-4H3,(H,84,96)(H,85,94)(H,86,95)(H,87,92)(H,88,93)/t60-,61-,62+,63+,64+,65+,66+,67+,69+,70+,71+,72+/m1/s1. The highest BCUT2D eigenvalue weighted by molar-refractivity contribution is 5.98. The van der Waals surface area contributed by atoms with E-state index in [9.17, 15) is 38.4 Å². The number of rotatable bonds is 37. The number of ketones is 1. The summed E-state index contributed by atoms with van der Waals surface area (Å²) in [5.74, 6) is -2.35. The number of benzene rings is 5. The Hall–Kier alpha value is -8.10. The van der Waals surface area contributed by atoms with Crippen LogP contribution in [0.4, 0.5) is 0 Å². The molecule has 12 atom stereocenters. The number of hydrogen-bond donors (Lipinski definition) is 9. The SMILES string of the molecule is CC[C@H](NC)C(=O)N[C@@H]1C(=O)N2[C@@H](CC[C@@H]1CCNCc1ccccc1)CC[C@H]2C(=O)N[C@H](C(=O)CCCCCc1ccc(CCCCNC(=O)[C@@H](NC(=O)[C@@H]2CC[C@@H]3CC[C@H](CCNCc4ccccc4)[C@H](NC(=O)[C@H](CC)NC)C(=O)N32)c2ccccc2)cc1)c1ccccc1. The third-order valence-corrected chi connectivity index (χ3v) is 20.8. The van der Waals surface area contributed by atoms with Crippen molar-refractivity contribution < 1.29 is 38.4 Å². The van der Waals surface area contributed by atoms with Crippen molar-refractivity contribution in [3.63, 3.8) is 0 Å². The molecule has 0 spiro atoms. The number of amides is 7. The van der Waals surface area contributed by atoms with Gasteiger partial charge in [-0.25, -0.2) is 0 Å². The molecule has 7 amide bonds. The van der Waals surface area contributed by atoms with Gasteiger partial charge in [-0.3, -0.25) is 38.4 Å². The van der Waals surface area contributed by atoms with Gasteiger partial charge in [-0.05, 0) is 188 Å². The van der Waals surface area contributed by atoms with Crippen LogP contribution >= 0.6 is 0 Å². The summed E-state index contributed by atoms with van der Waals surface area (Å²) in [4.78, 5) is 118. The summed E-state index contributed by atoms with van der Waals surface area (Å²) in [6.07, 6.45) is 13.5. The molecular weight excluding hydrogens is 1230 g/mol. The predicted molar refractivity (Wildman–Crippen MR) is 383 cm³/mol. The second kappa shape index (κ2) is 38.3. The van der Waals surface area contributed by atoms with Crippen molar-refractivity contribution in [3.8, 4) is 0 Å². The lowest BCUT2D eigenvalue weighted by molar-refractivity contribution is -0.144. The van der Waals surface area contributed by atoms with Crippen LogP contribution in [0, 0.1) is 11.8 Å². The van der Waals surface area contributed by atoms with E-state index in [0.717, 1.165) is 63.4 Å². The molecular formula is C79H107N11O8. The maximum atomic E-state index is 14.8. The molecule has 5 aromatic carbocycles. The van der Waals surface area contributed by atoms with Crippen LogP contribution in [0.2, 0.25) is 0 Å². The maximum absolute atomic E-state index is 14.8. The van der Waals surface area contributed by atoms with Crippen LogP contribution in [0.3, 0.4) is 0 Å². The van der Waals surface area contributed by atoms with E-state index in [1.807, 2.05) is 111 Å². The van der Waals surface area contributed by atoms with Gasteiger partial charge in [-0.15, -0.1) is 0 Å². The van der Waals surface area contributed by atoms with E-state index in [0.29, 0.717) is 108 Å². The molecule has 0 aromatic heterocycles. The van der Waals surface area contributed by atoms with Crippen molar-refractivity contribution in [2.75, 3.05) is 33.7 Å². The Balaban J connectivity index is 0.722. The number of nitrogens with one attached hydrogen (secondary N) is 9. The Morgan fingerprint density at radius 3 is 1.29 bits per heavy atom. The van der Waals surface area contributed by atoms with Gasteiger partial charge in [0.1, 0.15) is 36.3 Å². The van der Waals surface area contributed by atoms with Crippen molar-refractivity contribution in [2.24, 2.45) is 11.8 Å². The topological polar surface area (TPSA) is 251 Å². The van der Waals surface area contributed by atoms with Crippen LogP contribution in [0.5, 0.6) is 0 Å². The number of aryl methyl sites for hydroxylation is 2. The number of carbonyl (C=O) groups is 8. The van der Waals surface area contributed by atoms with Gasteiger partial charge >= 0.3 is 0 Å². The molecule has 4 heterocycles. The molecule has 19 heteroatoms. The quantitative estimate of drug-likeness (QED) is 0.0170. The van der Waals surface area contributed by atoms with Gasteiger partial charge in [0.05, 0.1) is 12.1 Å². The lowest BCUT2D eigenvalue weighted by atomic mass is 9.90. The second-order valence-electron chi connectivity index (χ2n) is 27.3. The number of unbranched alkanes of at least 4 members (excludes halogenated alkanes) is 3. The Morgan fingerprint density at radius 2 is 0.847 bits per heavy atom. The third kappa shape index (κ3) is 20.5. The first kappa shape index (κ1) is 74.1. The van der Waals surface area contributed by atoms with E-state index in [1.54, 1.807) is 23.9 Å². The van der Waals surface area contributed by atoms with Crippen molar-refractivity contribution >= 4 is 47.1 Å². The van der Waals surface area contributed by atoms with Gasteiger partial charge in [0, 0.05) is 38.1 Å². The molecule has 98 heavy (non-hydrogen) atoms. The minimum Gasteiger partial charge on any atom is -0.354 e. The summed E-state index contributed by atoms with van der Waals surface area (Å²) < 4.78 is 0. The molecule has 0 saturated carbocycles. The highest BCUT2D eigenvalue weighted by Crippen LogP contribution is 2.38. The number of likely N-dealkylation sites (N-methyl/N-ethyl adjacent to an activating group) is 2. The summed E-state index contributed by atoms with van der Waals surface area (Å²) in [5, 5.41) is 28.7. The molecule has 9 N–H and O–H groups in total. The Bertz CT molecular complexity index is 3120. The third-order valence-electron chi connectivity index (χ3n) is 20.8. The smallest absolute Gasteiger partial charge is 0.247 e. The number of Topliss-reactive ketones (excluding diaryl/α,β-unsaturated/α-hetero) is 1. The van der Waals surface area contributed by atoms with Gasteiger partial charge in [0.25, 0.3) is 0 Å². The Kier molecular flexibility index (Phi) is 29.0. The van der Waals surface area contributed by atoms with E-state index >= 15 is 0 Å². The van der Waals surface area contributed by atoms with Gasteiger partial charge < -0.3 is 57.7 Å². The van der Waals surface area contributed by atoms with Crippen LogP contribution in [-0.4, -0.2) is 139 Å². The van der Waals surface area contributed by atoms with Crippen LogP contribution in [0.25, 0.3) is 0 Å². The molecule has 0 bridgehead atoms. The predicted octanol–water partition coefficient (Wildman–Crippen LogP) is 8.38. The summed E-state index contributed by atoms with van der Waals surface area (Å²) >= 11 is 0. The molecule has 5 aromatic rings. The summed E-state index contributed by atoms with van der Waals surface area (Å²) in [6.45, 7) is 6.98. The molecule has 4 saturated heterocycles. The highest BCUT2D eigenvalue weighted by Gasteiger charge is 2.50. The molecule has 4 aliphatic heterocycles. The first-order chi connectivity index (χ1) is 47.8. The molecule has 526 valence electrons. The zero-order chi connectivity index (χ0) is 69.2. The molecule has 0 radical (unpaired) electrons. The molecule has 0 unspecified atom stereocenters. The van der Waals surface area contributed by atoms with E-state index in [2.05, 4.69) is 96.4 Å². The fourth-order valence-electron chi connectivity index (χ4n) is 15.2. The molecule has 4 fully saturated rings. The first-order valence-electron chi connectivity index (χ1n) is 36.5. The zero-order valence-electron chi connectivity index (χ0n) is 58.1. The minimum absolute atomic E-state index is 0.0791. The molecule has 19 nitrogen and oxygen atoms in total. The molecule has 4 aliphatic rings. The number of carbonyl (C=O) groups excluding carboxylic acids is 8. The van der Waals surface area contributed by atoms with Crippen LogP contribution in [0.15, 0.2) is 146 Å². The number of fused-ring (bicyclic) bond motifs is 2. The average Bonchev–Trinajstić information content (AvgIpc) is 1.63. The van der Waals surface area contributed by atoms with Gasteiger partial charge in [-0.1, -0.05) is 166 Å². The summed E-state index contributed by atoms with van der Waals surface area (Å²) in [5.41, 5.74) is 6.06. The highest BCUT2D eigenvalue weighted by atomic mass is 16.2. The minimum atomic E-state index is -0.977. The normalized spacial score (nSPS) is 21.9. The number of nitrogens with zero attached hydrogens (tertiary/aromatic N) is 2. The lowest BCUT2D eigenvalue weighted by Gasteiger charge is -2.33. The van der Waals surface area contributed by atoms with E-state index in [4.69, 9.17) is 0 Å². The van der Waals surface area contributed by atoms with Gasteiger partial charge in [0.15, 0.2) is 5.78 Å². The number of hydrogen-bond acceptors (Lipinski definition) is 12. The van der Waals surface area contributed by atoms with Gasteiger partial charge in [-0.2, -0.15) is 0 Å². The average molecular weight is 1340 g/mol. The Morgan fingerprint density at radius 1 is 0.439 bits per heavy atom. The second-order valence-corrected chi connectivity index (χ2v) is 27.3. The van der Waals surface area contributed by atoms with Gasteiger partial charge in [0.2, 0.25) is 41.4 Å². The largest absolute Gasteiger partial charge is 0.354 e. The van der Waals surface area contributed by atoms with E-state index in [-0.39, 0.29) is 77.5 Å². The monoisotopic (exact) mass is 1340 g/mol. The van der Waals surface area contributed by atoms with E-state index < -0.39 is 48.3 Å². The molecule has 0 aliphatic carbocycles. The van der Waals surface area contributed by atoms with Crippen molar-refractivity contribution in [2.45, 2.75) is 216 Å². The first-order valence-corrected chi connectivity index (χ1v) is 36.5. The lowest BCUT2D eigenvalue weighted by Crippen LogP contribution is -2.58. The van der Waals surface area contributed by atoms with Crippen LogP contribution < -0.4 is 47.9 Å². The van der Waals surface area contributed by atoms with Crippen LogP contribution in [-0.2, 0) is 64.3 Å². The van der Waals surface area contributed by atoms with E-state index in [1.165, 1.54) is 16.7 Å². The Labute approximate surface area is 580 Å². The maximum Gasteiger partial charge on any atom is 0.247 e. The zero-order valence-corrected chi connectivity index (χ0v) is 58.1. The summed E-state index contributed by atoms with van der Waals surface area (Å²) in [6, 6.07) is 41.2. The fourth-order valence-corrected chi connectivity index (χ4v) is 15.2. The molecule has 9 rings (SSSR count). The van der Waals surface area contributed by atoms with Crippen molar-refractivity contribution in [1.82, 2.24) is 57.7 Å². The fraction of sp³-hybridized carbons (Fsp3) is 0.519. The van der Waals surface area contributed by atoms with Crippen molar-refractivity contribution in [1.29, 1.82) is 0 Å². The van der Waals surface area contributed by atoms with Crippen LogP contribution in [0.1, 0.15) is 175 Å². The van der Waals surface area contributed by atoms with Crippen molar-refractivity contribution in [3.05, 3.63) is 179 Å². The summed E-state index contributed by atoms with van der Waals surface area (Å²) in [7, 11) is 3.48.